The van der Waals surface area contributed by atoms with Crippen molar-refractivity contribution in [3.63, 3.8) is 0 Å². The first-order chi connectivity index (χ1) is 32.7. The Kier molecular flexibility index (Phi) is 9.51. The van der Waals surface area contributed by atoms with Gasteiger partial charge >= 0.3 is 0 Å². The van der Waals surface area contributed by atoms with Crippen molar-refractivity contribution >= 4 is 48.8 Å². The predicted molar refractivity (Wildman–Crippen MR) is 274 cm³/mol. The number of rotatable bonds is 7. The zero-order valence-electron chi connectivity index (χ0n) is 35.7. The van der Waals surface area contributed by atoms with E-state index in [1.165, 1.54) is 48.7 Å². The Morgan fingerprint density at radius 3 is 1.26 bits per heavy atom. The standard InChI is InChI=1S/C62H38N4/c1-63-59-51(26-13-27-52(59)48-19-11-18-46(38-48)47-36-37-57-55-23-8-7-21-53(55)54-22-9-10-24-56(54)58(57)39-47)42-30-34-45(35-31-42)62-65-60(43-15-3-2-4-16-43)64-61(66-62)44-32-28-41(29-33-44)50-25-12-17-40-14-5-6-20-49(40)50/h2-39H. The van der Waals surface area contributed by atoms with Crippen LogP contribution in [0.2, 0.25) is 0 Å². The molecule has 0 saturated heterocycles. The number of aromatic nitrogens is 3. The summed E-state index contributed by atoms with van der Waals surface area (Å²) in [5, 5.41) is 9.93. The van der Waals surface area contributed by atoms with E-state index >= 15 is 0 Å². The Bertz CT molecular complexity index is 3830. The number of hydrogen-bond acceptors (Lipinski definition) is 3. The summed E-state index contributed by atoms with van der Waals surface area (Å²) in [6.07, 6.45) is 0. The zero-order valence-corrected chi connectivity index (χ0v) is 35.7. The van der Waals surface area contributed by atoms with Crippen molar-refractivity contribution < 1.29 is 0 Å². The highest BCUT2D eigenvalue weighted by Gasteiger charge is 2.17. The number of benzene rings is 11. The fourth-order valence-electron chi connectivity index (χ4n) is 9.51. The Morgan fingerprint density at radius 2 is 0.636 bits per heavy atom. The van der Waals surface area contributed by atoms with Crippen LogP contribution in [0.1, 0.15) is 0 Å². The van der Waals surface area contributed by atoms with Crippen molar-refractivity contribution in [3.8, 4) is 78.7 Å². The fourth-order valence-corrected chi connectivity index (χ4v) is 9.51. The van der Waals surface area contributed by atoms with Gasteiger partial charge in [-0.1, -0.05) is 218 Å². The molecule has 0 aliphatic rings. The minimum Gasteiger partial charge on any atom is -0.237 e. The molecule has 0 amide bonds. The lowest BCUT2D eigenvalue weighted by Crippen LogP contribution is -2.00. The van der Waals surface area contributed by atoms with E-state index in [0.717, 1.165) is 55.6 Å². The van der Waals surface area contributed by atoms with Crippen LogP contribution >= 0.6 is 0 Å². The third kappa shape index (κ3) is 6.84. The van der Waals surface area contributed by atoms with E-state index in [-0.39, 0.29) is 0 Å². The number of nitrogens with zero attached hydrogens (tertiary/aromatic N) is 4. The van der Waals surface area contributed by atoms with Gasteiger partial charge < -0.3 is 0 Å². The fraction of sp³-hybridized carbons (Fsp3) is 0. The van der Waals surface area contributed by atoms with Crippen molar-refractivity contribution in [2.75, 3.05) is 0 Å². The molecule has 1 heterocycles. The van der Waals surface area contributed by atoms with E-state index in [2.05, 4.69) is 181 Å². The van der Waals surface area contributed by atoms with Crippen LogP contribution in [0.5, 0.6) is 0 Å². The number of fused-ring (bicyclic) bond motifs is 7. The minimum absolute atomic E-state index is 0.578. The lowest BCUT2D eigenvalue weighted by Gasteiger charge is -2.14. The molecule has 12 rings (SSSR count). The molecule has 0 N–H and O–H groups in total. The summed E-state index contributed by atoms with van der Waals surface area (Å²) < 4.78 is 0. The van der Waals surface area contributed by atoms with Crippen LogP contribution in [-0.2, 0) is 0 Å². The normalized spacial score (nSPS) is 11.3. The highest BCUT2D eigenvalue weighted by molar-refractivity contribution is 6.25. The molecule has 4 nitrogen and oxygen atoms in total. The molecule has 0 saturated carbocycles. The molecule has 0 spiro atoms. The monoisotopic (exact) mass is 838 g/mol. The van der Waals surface area contributed by atoms with Gasteiger partial charge in [-0.15, -0.1) is 0 Å². The molecule has 11 aromatic carbocycles. The number of para-hydroxylation sites is 1. The van der Waals surface area contributed by atoms with Gasteiger partial charge in [0.15, 0.2) is 17.5 Å². The largest absolute Gasteiger partial charge is 0.237 e. The van der Waals surface area contributed by atoms with Crippen molar-refractivity contribution in [2.45, 2.75) is 0 Å². The average molecular weight is 839 g/mol. The van der Waals surface area contributed by atoms with Gasteiger partial charge in [0.05, 0.1) is 6.57 Å². The maximum atomic E-state index is 8.46. The van der Waals surface area contributed by atoms with Crippen molar-refractivity contribution in [3.05, 3.63) is 242 Å². The Labute approximate surface area is 382 Å². The van der Waals surface area contributed by atoms with Crippen LogP contribution in [0, 0.1) is 6.57 Å². The first-order valence-electron chi connectivity index (χ1n) is 22.1. The van der Waals surface area contributed by atoms with Gasteiger partial charge in [0.1, 0.15) is 0 Å². The Hall–Kier alpha value is -9.04. The molecule has 1 aromatic heterocycles. The minimum atomic E-state index is 0.578. The van der Waals surface area contributed by atoms with Gasteiger partial charge in [0.25, 0.3) is 0 Å². The lowest BCUT2D eigenvalue weighted by atomic mass is 9.91. The molecule has 0 unspecified atom stereocenters. The molecular formula is C62H38N4. The van der Waals surface area contributed by atoms with Crippen LogP contribution in [0.4, 0.5) is 5.69 Å². The second kappa shape index (κ2) is 16.3. The SMILES string of the molecule is [C-]#[N+]c1c(-c2ccc(-c3nc(-c4ccccc4)nc(-c4ccc(-c5cccc6ccccc56)cc4)n3)cc2)cccc1-c1cccc(-c2ccc3c4ccccc4c4ccccc4c3c2)c1. The van der Waals surface area contributed by atoms with Crippen molar-refractivity contribution in [2.24, 2.45) is 0 Å². The molecule has 0 bridgehead atoms. The van der Waals surface area contributed by atoms with Crippen LogP contribution < -0.4 is 0 Å². The predicted octanol–water partition coefficient (Wildman–Crippen LogP) is 16.7. The summed E-state index contributed by atoms with van der Waals surface area (Å²) in [6.45, 7) is 8.46. The average Bonchev–Trinajstić information content (AvgIpc) is 3.40. The molecule has 306 valence electrons. The van der Waals surface area contributed by atoms with Crippen molar-refractivity contribution in [1.82, 2.24) is 15.0 Å². The third-order valence-electron chi connectivity index (χ3n) is 12.8. The summed E-state index contributed by atoms with van der Waals surface area (Å²) in [4.78, 5) is 19.2. The quantitative estimate of drug-likeness (QED) is 0.119. The third-order valence-corrected chi connectivity index (χ3v) is 12.8. The van der Waals surface area contributed by atoms with Gasteiger partial charge in [-0.2, -0.15) is 0 Å². The summed E-state index contributed by atoms with van der Waals surface area (Å²) in [5.41, 5.74) is 11.5. The first kappa shape index (κ1) is 38.6. The van der Waals surface area contributed by atoms with E-state index in [1.807, 2.05) is 54.6 Å². The molecule has 0 fully saturated rings. The van der Waals surface area contributed by atoms with Crippen LogP contribution in [0.15, 0.2) is 231 Å². The zero-order chi connectivity index (χ0) is 44.0. The van der Waals surface area contributed by atoms with E-state index in [9.17, 15) is 0 Å². The Balaban J connectivity index is 0.884. The van der Waals surface area contributed by atoms with Gasteiger partial charge in [0.2, 0.25) is 5.69 Å². The van der Waals surface area contributed by atoms with E-state index in [4.69, 9.17) is 21.5 Å². The van der Waals surface area contributed by atoms with Crippen LogP contribution in [-0.4, -0.2) is 15.0 Å². The molecule has 0 atom stereocenters. The molecule has 66 heavy (non-hydrogen) atoms. The molecule has 0 aliphatic carbocycles. The van der Waals surface area contributed by atoms with E-state index in [1.54, 1.807) is 0 Å². The molecule has 0 radical (unpaired) electrons. The smallest absolute Gasteiger partial charge is 0.202 e. The van der Waals surface area contributed by atoms with Gasteiger partial charge in [-0.25, -0.2) is 19.8 Å². The second-order valence-electron chi connectivity index (χ2n) is 16.6. The summed E-state index contributed by atoms with van der Waals surface area (Å²) >= 11 is 0. The number of hydrogen-bond donors (Lipinski definition) is 0. The summed E-state index contributed by atoms with van der Waals surface area (Å²) in [6, 6.07) is 80.4. The molecule has 12 aromatic rings. The highest BCUT2D eigenvalue weighted by atomic mass is 15.0. The Morgan fingerprint density at radius 1 is 0.258 bits per heavy atom. The summed E-state index contributed by atoms with van der Waals surface area (Å²) in [7, 11) is 0. The van der Waals surface area contributed by atoms with Crippen LogP contribution in [0.3, 0.4) is 0 Å². The topological polar surface area (TPSA) is 43.0 Å². The highest BCUT2D eigenvalue weighted by Crippen LogP contribution is 2.42. The van der Waals surface area contributed by atoms with Crippen LogP contribution in [0.25, 0.3) is 127 Å². The lowest BCUT2D eigenvalue weighted by molar-refractivity contribution is 1.07. The molecule has 0 aliphatic heterocycles. The van der Waals surface area contributed by atoms with Gasteiger partial charge in [0, 0.05) is 16.7 Å². The van der Waals surface area contributed by atoms with E-state index in [0.29, 0.717) is 23.2 Å². The van der Waals surface area contributed by atoms with Gasteiger partial charge in [-0.05, 0) is 99.7 Å². The summed E-state index contributed by atoms with van der Waals surface area (Å²) in [5.74, 6) is 1.78. The molecular weight excluding hydrogens is 801 g/mol. The van der Waals surface area contributed by atoms with E-state index < -0.39 is 0 Å². The van der Waals surface area contributed by atoms with Gasteiger partial charge in [-0.3, -0.25) is 0 Å². The van der Waals surface area contributed by atoms with Crippen molar-refractivity contribution in [1.29, 1.82) is 0 Å². The second-order valence-corrected chi connectivity index (χ2v) is 16.6. The first-order valence-corrected chi connectivity index (χ1v) is 22.1. The molecule has 4 heteroatoms. The maximum Gasteiger partial charge on any atom is 0.202 e. The maximum absolute atomic E-state index is 8.46.